The lowest BCUT2D eigenvalue weighted by molar-refractivity contribution is -0.155. The van der Waals surface area contributed by atoms with Gasteiger partial charge in [-0.05, 0) is 61.1 Å². The van der Waals surface area contributed by atoms with Crippen LogP contribution < -0.4 is 5.32 Å². The Morgan fingerprint density at radius 3 is 2.19 bits per heavy atom. The normalized spacial score (nSPS) is 13.3. The van der Waals surface area contributed by atoms with Gasteiger partial charge in [0.2, 0.25) is 0 Å². The highest BCUT2D eigenvalue weighted by atomic mass is 16.6. The lowest BCUT2D eigenvalue weighted by Crippen LogP contribution is -2.42. The summed E-state index contributed by atoms with van der Waals surface area (Å²) in [7, 11) is 0. The number of carbonyl (C=O) groups is 3. The van der Waals surface area contributed by atoms with Crippen LogP contribution in [0.4, 0.5) is 4.79 Å². The van der Waals surface area contributed by atoms with E-state index in [1.807, 2.05) is 92.2 Å². The van der Waals surface area contributed by atoms with Crippen molar-refractivity contribution in [3.63, 3.8) is 0 Å². The molecule has 3 aromatic carbocycles. The average Bonchev–Trinajstić information content (AvgIpc) is 3.46. The SMILES string of the molecule is CC(C)(C)OC(=O)CCCn1cc(C[C@H](NC(=O)OCC2c3ccccc3-c3ccccc32)C(=O)O)c2ccccc21. The largest absolute Gasteiger partial charge is 0.480 e. The first-order chi connectivity index (χ1) is 20.1. The third-order valence-corrected chi connectivity index (χ3v) is 7.43. The van der Waals surface area contributed by atoms with Crippen molar-refractivity contribution in [2.45, 2.75) is 64.1 Å². The minimum absolute atomic E-state index is 0.0824. The molecular formula is C34H36N2O6. The molecule has 0 radical (unpaired) electrons. The van der Waals surface area contributed by atoms with Crippen LogP contribution in [0.15, 0.2) is 79.0 Å². The summed E-state index contributed by atoms with van der Waals surface area (Å²) in [5, 5.41) is 13.4. The first-order valence-electron chi connectivity index (χ1n) is 14.2. The molecule has 218 valence electrons. The molecule has 0 saturated heterocycles. The highest BCUT2D eigenvalue weighted by molar-refractivity contribution is 5.86. The molecule has 2 N–H and O–H groups in total. The van der Waals surface area contributed by atoms with E-state index in [4.69, 9.17) is 9.47 Å². The zero-order valence-electron chi connectivity index (χ0n) is 24.1. The molecule has 5 rings (SSSR count). The van der Waals surface area contributed by atoms with Gasteiger partial charge in [-0.25, -0.2) is 9.59 Å². The predicted molar refractivity (Wildman–Crippen MR) is 160 cm³/mol. The van der Waals surface area contributed by atoms with Gasteiger partial charge in [-0.3, -0.25) is 4.79 Å². The number of carboxylic acids is 1. The quantitative estimate of drug-likeness (QED) is 0.218. The van der Waals surface area contributed by atoms with Crippen LogP contribution in [0.2, 0.25) is 0 Å². The molecule has 8 heteroatoms. The Morgan fingerprint density at radius 2 is 1.55 bits per heavy atom. The Morgan fingerprint density at radius 1 is 0.929 bits per heavy atom. The third kappa shape index (κ3) is 6.48. The van der Waals surface area contributed by atoms with E-state index < -0.39 is 23.7 Å². The number of alkyl carbamates (subject to hydrolysis) is 1. The van der Waals surface area contributed by atoms with Crippen LogP contribution in [-0.4, -0.2) is 46.0 Å². The topological polar surface area (TPSA) is 107 Å². The van der Waals surface area contributed by atoms with Crippen molar-refractivity contribution in [3.05, 3.63) is 95.7 Å². The van der Waals surface area contributed by atoms with Gasteiger partial charge >= 0.3 is 18.0 Å². The number of nitrogens with zero attached hydrogens (tertiary/aromatic N) is 1. The number of aryl methyl sites for hydroxylation is 1. The van der Waals surface area contributed by atoms with Gasteiger partial charge in [0, 0.05) is 42.4 Å². The number of nitrogens with one attached hydrogen (secondary N) is 1. The first kappa shape index (κ1) is 28.9. The monoisotopic (exact) mass is 568 g/mol. The third-order valence-electron chi connectivity index (χ3n) is 7.43. The number of aromatic nitrogens is 1. The van der Waals surface area contributed by atoms with E-state index in [9.17, 15) is 19.5 Å². The second-order valence-electron chi connectivity index (χ2n) is 11.6. The fraction of sp³-hybridized carbons (Fsp3) is 0.324. The number of carboxylic acid groups (broad SMARTS) is 1. The number of fused-ring (bicyclic) bond motifs is 4. The van der Waals surface area contributed by atoms with Crippen LogP contribution in [0.1, 0.15) is 56.2 Å². The molecule has 0 fully saturated rings. The van der Waals surface area contributed by atoms with Gasteiger partial charge in [-0.1, -0.05) is 66.7 Å². The van der Waals surface area contributed by atoms with Gasteiger partial charge in [0.15, 0.2) is 0 Å². The molecule has 8 nitrogen and oxygen atoms in total. The van der Waals surface area contributed by atoms with E-state index in [0.29, 0.717) is 13.0 Å². The Kier molecular flexibility index (Phi) is 8.34. The Bertz CT molecular complexity index is 1570. The van der Waals surface area contributed by atoms with Crippen LogP contribution in [0.3, 0.4) is 0 Å². The van der Waals surface area contributed by atoms with Gasteiger partial charge in [-0.2, -0.15) is 0 Å². The maximum atomic E-state index is 12.9. The minimum atomic E-state index is -1.18. The molecule has 0 saturated carbocycles. The average molecular weight is 569 g/mol. The van der Waals surface area contributed by atoms with Crippen molar-refractivity contribution in [2.75, 3.05) is 6.61 Å². The van der Waals surface area contributed by atoms with Crippen molar-refractivity contribution >= 4 is 28.9 Å². The molecule has 1 atom stereocenters. The lowest BCUT2D eigenvalue weighted by atomic mass is 9.98. The lowest BCUT2D eigenvalue weighted by Gasteiger charge is -2.19. The van der Waals surface area contributed by atoms with Gasteiger partial charge in [0.1, 0.15) is 18.2 Å². The Labute approximate surface area is 245 Å². The zero-order chi connectivity index (χ0) is 29.9. The molecule has 1 heterocycles. The van der Waals surface area contributed by atoms with Crippen LogP contribution >= 0.6 is 0 Å². The summed E-state index contributed by atoms with van der Waals surface area (Å²) in [6, 6.07) is 22.6. The van der Waals surface area contributed by atoms with Gasteiger partial charge in [-0.15, -0.1) is 0 Å². The van der Waals surface area contributed by atoms with E-state index >= 15 is 0 Å². The predicted octanol–water partition coefficient (Wildman–Crippen LogP) is 6.30. The summed E-state index contributed by atoms with van der Waals surface area (Å²) < 4.78 is 13.0. The van der Waals surface area contributed by atoms with E-state index in [0.717, 1.165) is 38.7 Å². The van der Waals surface area contributed by atoms with Crippen molar-refractivity contribution in [2.24, 2.45) is 0 Å². The summed E-state index contributed by atoms with van der Waals surface area (Å²) in [6.07, 6.45) is 2.06. The van der Waals surface area contributed by atoms with E-state index in [-0.39, 0.29) is 31.3 Å². The number of hydrogen-bond donors (Lipinski definition) is 2. The number of benzene rings is 3. The number of esters is 1. The first-order valence-corrected chi connectivity index (χ1v) is 14.2. The summed E-state index contributed by atoms with van der Waals surface area (Å²) in [6.45, 7) is 6.19. The number of hydrogen-bond acceptors (Lipinski definition) is 5. The smallest absolute Gasteiger partial charge is 0.407 e. The molecule has 4 aromatic rings. The van der Waals surface area contributed by atoms with Crippen molar-refractivity contribution < 1.29 is 29.0 Å². The molecule has 0 aliphatic heterocycles. The van der Waals surface area contributed by atoms with Crippen LogP contribution in [0.25, 0.3) is 22.0 Å². The van der Waals surface area contributed by atoms with E-state index in [1.165, 1.54) is 0 Å². The molecule has 1 aliphatic carbocycles. The zero-order valence-corrected chi connectivity index (χ0v) is 24.1. The van der Waals surface area contributed by atoms with E-state index in [2.05, 4.69) is 17.4 Å². The van der Waals surface area contributed by atoms with Crippen LogP contribution in [0, 0.1) is 0 Å². The molecular weight excluding hydrogens is 532 g/mol. The van der Waals surface area contributed by atoms with Crippen LogP contribution in [-0.2, 0) is 32.0 Å². The fourth-order valence-corrected chi connectivity index (χ4v) is 5.66. The Balaban J connectivity index is 1.24. The van der Waals surface area contributed by atoms with Gasteiger partial charge in [0.25, 0.3) is 0 Å². The van der Waals surface area contributed by atoms with Crippen LogP contribution in [0.5, 0.6) is 0 Å². The molecule has 1 aromatic heterocycles. The number of para-hydroxylation sites is 1. The fourth-order valence-electron chi connectivity index (χ4n) is 5.66. The summed E-state index contributed by atoms with van der Waals surface area (Å²) in [5.41, 5.74) is 5.59. The summed E-state index contributed by atoms with van der Waals surface area (Å²) >= 11 is 0. The number of rotatable bonds is 10. The Hall–Kier alpha value is -4.59. The molecule has 0 unspecified atom stereocenters. The summed E-state index contributed by atoms with van der Waals surface area (Å²) in [5.74, 6) is -1.52. The maximum absolute atomic E-state index is 12.9. The number of carbonyl (C=O) groups excluding carboxylic acids is 2. The summed E-state index contributed by atoms with van der Waals surface area (Å²) in [4.78, 5) is 37.2. The van der Waals surface area contributed by atoms with Gasteiger partial charge < -0.3 is 24.5 Å². The highest BCUT2D eigenvalue weighted by Crippen LogP contribution is 2.44. The molecule has 1 aliphatic rings. The van der Waals surface area contributed by atoms with Gasteiger partial charge in [0.05, 0.1) is 0 Å². The number of ether oxygens (including phenoxy) is 2. The number of aliphatic carboxylic acids is 1. The second-order valence-corrected chi connectivity index (χ2v) is 11.6. The molecule has 42 heavy (non-hydrogen) atoms. The maximum Gasteiger partial charge on any atom is 0.407 e. The molecule has 0 spiro atoms. The van der Waals surface area contributed by atoms with Crippen molar-refractivity contribution in [1.82, 2.24) is 9.88 Å². The highest BCUT2D eigenvalue weighted by Gasteiger charge is 2.30. The minimum Gasteiger partial charge on any atom is -0.480 e. The molecule has 1 amide bonds. The van der Waals surface area contributed by atoms with E-state index in [1.54, 1.807) is 0 Å². The standard InChI is InChI=1S/C34H36N2O6/c1-34(2,3)42-31(37)17-10-18-36-20-22(23-11-8-9-16-30(23)36)19-29(32(38)39)35-33(40)41-21-28-26-14-6-4-12-24(26)25-13-5-7-15-27(25)28/h4-9,11-16,20,28-29H,10,17-19,21H2,1-3H3,(H,35,40)(H,38,39)/t29-/m0/s1. The number of amides is 1. The van der Waals surface area contributed by atoms with Crippen molar-refractivity contribution in [1.29, 1.82) is 0 Å². The van der Waals surface area contributed by atoms with Crippen molar-refractivity contribution in [3.8, 4) is 11.1 Å². The second kappa shape index (κ2) is 12.1. The molecule has 0 bridgehead atoms.